The minimum Gasteiger partial charge on any atom is -0.369 e. The van der Waals surface area contributed by atoms with Crippen LogP contribution in [0.4, 0.5) is 0 Å². The van der Waals surface area contributed by atoms with Crippen molar-refractivity contribution in [2.75, 3.05) is 5.88 Å². The third-order valence-corrected chi connectivity index (χ3v) is 2.72. The van der Waals surface area contributed by atoms with E-state index in [2.05, 4.69) is 0 Å². The number of carbonyl (C=O) groups is 1. The minimum atomic E-state index is -0.719. The molecule has 0 radical (unpaired) electrons. The quantitative estimate of drug-likeness (QED) is 0.661. The maximum Gasteiger partial charge on any atom is 0.224 e. The van der Waals surface area contributed by atoms with E-state index in [-0.39, 0.29) is 5.88 Å². The van der Waals surface area contributed by atoms with Crippen LogP contribution in [0.15, 0.2) is 0 Å². The Morgan fingerprint density at radius 3 is 2.20 bits per heavy atom. The molecule has 4 heteroatoms. The van der Waals surface area contributed by atoms with E-state index < -0.39 is 16.7 Å². The molecule has 10 heavy (non-hydrogen) atoms. The molecule has 1 unspecified atom stereocenters. The maximum atomic E-state index is 10.7. The zero-order valence-electron chi connectivity index (χ0n) is 6.03. The highest BCUT2D eigenvalue weighted by atomic mass is 35.5. The lowest BCUT2D eigenvalue weighted by Gasteiger charge is -2.24. The minimum absolute atomic E-state index is 0.234. The van der Waals surface area contributed by atoms with Crippen LogP contribution >= 0.6 is 23.2 Å². The second-order valence-electron chi connectivity index (χ2n) is 2.71. The van der Waals surface area contributed by atoms with Crippen molar-refractivity contribution >= 4 is 29.1 Å². The van der Waals surface area contributed by atoms with E-state index in [1.807, 2.05) is 0 Å². The van der Waals surface area contributed by atoms with Gasteiger partial charge in [0.05, 0.1) is 10.8 Å². The summed E-state index contributed by atoms with van der Waals surface area (Å²) in [7, 11) is 0. The Bertz CT molecular complexity index is 136. The smallest absolute Gasteiger partial charge is 0.224 e. The van der Waals surface area contributed by atoms with Crippen LogP contribution < -0.4 is 5.73 Å². The lowest BCUT2D eigenvalue weighted by atomic mass is 9.89. The van der Waals surface area contributed by atoms with Crippen molar-refractivity contribution < 1.29 is 4.79 Å². The third-order valence-electron chi connectivity index (χ3n) is 1.55. The largest absolute Gasteiger partial charge is 0.369 e. The van der Waals surface area contributed by atoms with Crippen LogP contribution in [-0.2, 0) is 4.79 Å². The topological polar surface area (TPSA) is 43.1 Å². The lowest BCUT2D eigenvalue weighted by Crippen LogP contribution is -2.39. The number of rotatable bonds is 3. The molecular formula is C6H11Cl2NO. The Balaban J connectivity index is 4.23. The van der Waals surface area contributed by atoms with Crippen molar-refractivity contribution in [2.45, 2.75) is 19.2 Å². The molecule has 0 fully saturated rings. The Morgan fingerprint density at radius 2 is 2.10 bits per heavy atom. The number of alkyl halides is 2. The van der Waals surface area contributed by atoms with Gasteiger partial charge in [0.25, 0.3) is 0 Å². The van der Waals surface area contributed by atoms with E-state index in [0.29, 0.717) is 0 Å². The van der Waals surface area contributed by atoms with Gasteiger partial charge in [-0.1, -0.05) is 0 Å². The van der Waals surface area contributed by atoms with Crippen LogP contribution in [0.3, 0.4) is 0 Å². The molecule has 0 saturated carbocycles. The fraction of sp³-hybridized carbons (Fsp3) is 0.833. The molecule has 60 valence electrons. The molecule has 2 nitrogen and oxygen atoms in total. The van der Waals surface area contributed by atoms with Crippen molar-refractivity contribution in [1.29, 1.82) is 0 Å². The number of nitrogens with two attached hydrogens (primary N) is 1. The number of halogens is 2. The van der Waals surface area contributed by atoms with Crippen molar-refractivity contribution in [1.82, 2.24) is 0 Å². The van der Waals surface area contributed by atoms with Gasteiger partial charge in [-0.3, -0.25) is 4.79 Å². The average molecular weight is 184 g/mol. The molecule has 0 heterocycles. The maximum absolute atomic E-state index is 10.7. The molecule has 1 atom stereocenters. The monoisotopic (exact) mass is 183 g/mol. The van der Waals surface area contributed by atoms with E-state index in [4.69, 9.17) is 28.9 Å². The molecule has 0 aromatic heterocycles. The van der Waals surface area contributed by atoms with Crippen LogP contribution in [-0.4, -0.2) is 17.2 Å². The number of hydrogen-bond acceptors (Lipinski definition) is 1. The van der Waals surface area contributed by atoms with Gasteiger partial charge in [-0.25, -0.2) is 0 Å². The second-order valence-corrected chi connectivity index (χ2v) is 3.54. The predicted octanol–water partition coefficient (Wildman–Crippen LogP) is 1.34. The highest BCUT2D eigenvalue weighted by Crippen LogP contribution is 2.25. The van der Waals surface area contributed by atoms with Gasteiger partial charge in [0.2, 0.25) is 5.91 Å². The third kappa shape index (κ3) is 2.03. The summed E-state index contributed by atoms with van der Waals surface area (Å²) >= 11 is 11.2. The molecule has 0 aliphatic heterocycles. The van der Waals surface area contributed by atoms with E-state index in [9.17, 15) is 4.79 Å². The summed E-state index contributed by atoms with van der Waals surface area (Å²) in [4.78, 5) is 10.7. The summed E-state index contributed by atoms with van der Waals surface area (Å²) in [6.07, 6.45) is 0. The van der Waals surface area contributed by atoms with Gasteiger partial charge >= 0.3 is 0 Å². The Kier molecular flexibility index (Phi) is 3.46. The highest BCUT2D eigenvalue weighted by Gasteiger charge is 2.32. The Labute approximate surface area is 70.7 Å². The predicted molar refractivity (Wildman–Crippen MR) is 43.3 cm³/mol. The summed E-state index contributed by atoms with van der Waals surface area (Å²) in [5, 5.41) is -0.397. The standard InChI is InChI=1S/C6H11Cl2NO/c1-6(2,5(9)10)4(8)3-7/h4H,3H2,1-2H3,(H2,9,10). The summed E-state index contributed by atoms with van der Waals surface area (Å²) in [6, 6.07) is 0. The molecule has 0 aromatic rings. The second kappa shape index (κ2) is 3.44. The van der Waals surface area contributed by atoms with Crippen molar-refractivity contribution in [3.8, 4) is 0 Å². The van der Waals surface area contributed by atoms with Crippen LogP contribution in [0.5, 0.6) is 0 Å². The van der Waals surface area contributed by atoms with Gasteiger partial charge < -0.3 is 5.73 Å². The summed E-state index contributed by atoms with van der Waals surface area (Å²) in [6.45, 7) is 3.35. The first-order valence-electron chi connectivity index (χ1n) is 2.93. The summed E-state index contributed by atoms with van der Waals surface area (Å²) in [5.41, 5.74) is 4.35. The number of hydrogen-bond donors (Lipinski definition) is 1. The number of primary amides is 1. The Hall–Kier alpha value is 0.0500. The summed E-state index contributed by atoms with van der Waals surface area (Å²) < 4.78 is 0. The molecule has 0 aromatic carbocycles. The van der Waals surface area contributed by atoms with Crippen molar-refractivity contribution in [3.63, 3.8) is 0 Å². The summed E-state index contributed by atoms with van der Waals surface area (Å²) in [5.74, 6) is -0.189. The molecular weight excluding hydrogens is 173 g/mol. The van der Waals surface area contributed by atoms with Gasteiger partial charge in [-0.2, -0.15) is 0 Å². The number of carbonyl (C=O) groups excluding carboxylic acids is 1. The van der Waals surface area contributed by atoms with E-state index in [0.717, 1.165) is 0 Å². The molecule has 0 aliphatic carbocycles. The molecule has 2 N–H and O–H groups in total. The van der Waals surface area contributed by atoms with Crippen molar-refractivity contribution in [3.05, 3.63) is 0 Å². The van der Waals surface area contributed by atoms with Gasteiger partial charge in [0.1, 0.15) is 0 Å². The molecule has 0 aliphatic rings. The lowest BCUT2D eigenvalue weighted by molar-refractivity contribution is -0.125. The fourth-order valence-electron chi connectivity index (χ4n) is 0.347. The number of amides is 1. The first-order valence-corrected chi connectivity index (χ1v) is 3.90. The molecule has 0 rings (SSSR count). The van der Waals surface area contributed by atoms with E-state index >= 15 is 0 Å². The molecule has 0 saturated heterocycles. The van der Waals surface area contributed by atoms with Gasteiger partial charge in [0, 0.05) is 5.88 Å². The van der Waals surface area contributed by atoms with Gasteiger partial charge in [-0.15, -0.1) is 23.2 Å². The van der Waals surface area contributed by atoms with Crippen molar-refractivity contribution in [2.24, 2.45) is 11.1 Å². The van der Waals surface area contributed by atoms with Crippen LogP contribution in [0.2, 0.25) is 0 Å². The normalized spacial score (nSPS) is 14.8. The van der Waals surface area contributed by atoms with Crippen LogP contribution in [0.1, 0.15) is 13.8 Å². The Morgan fingerprint density at radius 1 is 1.70 bits per heavy atom. The zero-order chi connectivity index (χ0) is 8.36. The SMILES string of the molecule is CC(C)(C(N)=O)C(Cl)CCl. The molecule has 1 amide bonds. The zero-order valence-corrected chi connectivity index (χ0v) is 7.54. The highest BCUT2D eigenvalue weighted by molar-refractivity contribution is 6.29. The van der Waals surface area contributed by atoms with Gasteiger partial charge in [-0.05, 0) is 13.8 Å². The van der Waals surface area contributed by atoms with E-state index in [1.54, 1.807) is 13.8 Å². The first kappa shape index (κ1) is 10.0. The van der Waals surface area contributed by atoms with Gasteiger partial charge in [0.15, 0.2) is 0 Å². The van der Waals surface area contributed by atoms with Crippen LogP contribution in [0, 0.1) is 5.41 Å². The van der Waals surface area contributed by atoms with E-state index in [1.165, 1.54) is 0 Å². The van der Waals surface area contributed by atoms with Crippen LogP contribution in [0.25, 0.3) is 0 Å². The average Bonchev–Trinajstić information content (AvgIpc) is 1.86. The molecule has 0 bridgehead atoms. The fourth-order valence-corrected chi connectivity index (χ4v) is 0.841. The first-order chi connectivity index (χ1) is 4.42. The molecule has 0 spiro atoms.